The van der Waals surface area contributed by atoms with Gasteiger partial charge in [0.25, 0.3) is 0 Å². The first-order valence-electron chi connectivity index (χ1n) is 7.87. The van der Waals surface area contributed by atoms with Crippen LogP contribution in [-0.2, 0) is 4.74 Å². The molecule has 0 aliphatic heterocycles. The Morgan fingerprint density at radius 2 is 0.905 bits per heavy atom. The zero-order valence-corrected chi connectivity index (χ0v) is 12.1. The van der Waals surface area contributed by atoms with Crippen LogP contribution in [0.1, 0.15) is 64.2 Å². The van der Waals surface area contributed by atoms with Gasteiger partial charge < -0.3 is 4.74 Å². The highest BCUT2D eigenvalue weighted by Gasteiger charge is 2.30. The van der Waals surface area contributed by atoms with Crippen LogP contribution < -0.4 is 0 Å². The Morgan fingerprint density at radius 1 is 0.571 bits per heavy atom. The molecule has 0 aromatic heterocycles. The summed E-state index contributed by atoms with van der Waals surface area (Å²) in [5.74, 6) is -1.85. The van der Waals surface area contributed by atoms with Crippen molar-refractivity contribution in [1.82, 2.24) is 0 Å². The molecule has 0 radical (unpaired) electrons. The molecule has 0 atom stereocenters. The van der Waals surface area contributed by atoms with Crippen molar-refractivity contribution in [1.29, 1.82) is 0 Å². The van der Waals surface area contributed by atoms with Gasteiger partial charge in [-0.1, -0.05) is 38.5 Å². The SMILES string of the molecule is FC(F)=C(OC(=C(F)F)C1CCCCC1)C1CCCCC1. The van der Waals surface area contributed by atoms with Crippen molar-refractivity contribution in [3.8, 4) is 0 Å². The van der Waals surface area contributed by atoms with Gasteiger partial charge in [-0.2, -0.15) is 17.6 Å². The van der Waals surface area contributed by atoms with E-state index in [-0.39, 0.29) is 0 Å². The second-order valence-corrected chi connectivity index (χ2v) is 6.02. The lowest BCUT2D eigenvalue weighted by Gasteiger charge is -2.28. The molecule has 2 saturated carbocycles. The van der Waals surface area contributed by atoms with E-state index in [9.17, 15) is 17.6 Å². The molecule has 2 rings (SSSR count). The number of halogens is 4. The molecule has 120 valence electrons. The zero-order valence-electron chi connectivity index (χ0n) is 12.1. The standard InChI is InChI=1S/C16H22F4O/c17-15(18)13(11-7-3-1-4-8-11)21-14(16(19)20)12-9-5-2-6-10-12/h11-12H,1-10H2. The first kappa shape index (κ1) is 16.4. The molecule has 0 spiro atoms. The molecule has 0 aromatic rings. The number of allylic oxidation sites excluding steroid dienone is 2. The van der Waals surface area contributed by atoms with Crippen molar-refractivity contribution in [3.05, 3.63) is 23.7 Å². The molecule has 0 aromatic carbocycles. The normalized spacial score (nSPS) is 21.0. The molecule has 0 N–H and O–H groups in total. The number of hydrogen-bond acceptors (Lipinski definition) is 1. The minimum Gasteiger partial charge on any atom is -0.454 e. The van der Waals surface area contributed by atoms with Gasteiger partial charge in [0.2, 0.25) is 0 Å². The summed E-state index contributed by atoms with van der Waals surface area (Å²) in [7, 11) is 0. The molecule has 0 unspecified atom stereocenters. The van der Waals surface area contributed by atoms with E-state index in [2.05, 4.69) is 0 Å². The van der Waals surface area contributed by atoms with Gasteiger partial charge >= 0.3 is 12.2 Å². The van der Waals surface area contributed by atoms with E-state index < -0.39 is 35.5 Å². The third-order valence-corrected chi connectivity index (χ3v) is 4.54. The molecule has 2 aliphatic carbocycles. The van der Waals surface area contributed by atoms with E-state index in [4.69, 9.17) is 4.74 Å². The summed E-state index contributed by atoms with van der Waals surface area (Å²) < 4.78 is 57.8. The fourth-order valence-electron chi connectivity index (χ4n) is 3.40. The lowest BCUT2D eigenvalue weighted by atomic mass is 9.86. The maximum Gasteiger partial charge on any atom is 0.308 e. The summed E-state index contributed by atoms with van der Waals surface area (Å²) in [5.41, 5.74) is 0. The van der Waals surface area contributed by atoms with E-state index in [0.717, 1.165) is 38.5 Å². The predicted molar refractivity (Wildman–Crippen MR) is 72.7 cm³/mol. The van der Waals surface area contributed by atoms with Gasteiger partial charge in [0.05, 0.1) is 0 Å². The van der Waals surface area contributed by atoms with Crippen LogP contribution in [0.15, 0.2) is 23.7 Å². The Kier molecular flexibility index (Phi) is 6.12. The molecule has 5 heteroatoms. The number of rotatable bonds is 4. The van der Waals surface area contributed by atoms with E-state index in [1.165, 1.54) is 0 Å². The Bertz CT molecular complexity index is 359. The smallest absolute Gasteiger partial charge is 0.308 e. The number of ether oxygens (including phenoxy) is 1. The molecule has 2 fully saturated rings. The van der Waals surface area contributed by atoms with Crippen LogP contribution >= 0.6 is 0 Å². The topological polar surface area (TPSA) is 9.23 Å². The lowest BCUT2D eigenvalue weighted by Crippen LogP contribution is -2.17. The average molecular weight is 306 g/mol. The molecular weight excluding hydrogens is 284 g/mol. The molecule has 21 heavy (non-hydrogen) atoms. The van der Waals surface area contributed by atoms with Gasteiger partial charge in [0.15, 0.2) is 11.5 Å². The van der Waals surface area contributed by atoms with Crippen LogP contribution in [0.4, 0.5) is 17.6 Å². The summed E-state index contributed by atoms with van der Waals surface area (Å²) in [6.07, 6.45) is 3.93. The van der Waals surface area contributed by atoms with Crippen LogP contribution in [0, 0.1) is 11.8 Å². The quantitative estimate of drug-likeness (QED) is 0.432. The third-order valence-electron chi connectivity index (χ3n) is 4.54. The molecule has 0 bridgehead atoms. The van der Waals surface area contributed by atoms with Crippen molar-refractivity contribution < 1.29 is 22.3 Å². The highest BCUT2D eigenvalue weighted by atomic mass is 19.3. The van der Waals surface area contributed by atoms with Crippen molar-refractivity contribution in [2.24, 2.45) is 11.8 Å². The Balaban J connectivity index is 2.13. The van der Waals surface area contributed by atoms with Crippen LogP contribution in [0.3, 0.4) is 0 Å². The summed E-state index contributed by atoms with van der Waals surface area (Å²) in [6, 6.07) is 0. The summed E-state index contributed by atoms with van der Waals surface area (Å²) >= 11 is 0. The molecule has 2 aliphatic rings. The van der Waals surface area contributed by atoms with Gasteiger partial charge in [-0.3, -0.25) is 0 Å². The van der Waals surface area contributed by atoms with Crippen molar-refractivity contribution in [2.75, 3.05) is 0 Å². The van der Waals surface area contributed by atoms with Crippen LogP contribution in [0.5, 0.6) is 0 Å². The summed E-state index contributed by atoms with van der Waals surface area (Å²) in [4.78, 5) is 0. The minimum absolute atomic E-state index is 0.415. The highest BCUT2D eigenvalue weighted by molar-refractivity contribution is 5.09. The zero-order chi connectivity index (χ0) is 15.2. The number of hydrogen-bond donors (Lipinski definition) is 0. The maximum atomic E-state index is 13.2. The second kappa shape index (κ2) is 7.85. The van der Waals surface area contributed by atoms with Gasteiger partial charge in [0.1, 0.15) is 0 Å². The molecule has 0 amide bonds. The van der Waals surface area contributed by atoms with E-state index in [0.29, 0.717) is 25.7 Å². The van der Waals surface area contributed by atoms with Crippen molar-refractivity contribution in [3.63, 3.8) is 0 Å². The Morgan fingerprint density at radius 3 is 1.19 bits per heavy atom. The minimum atomic E-state index is -1.95. The van der Waals surface area contributed by atoms with Gasteiger partial charge in [-0.05, 0) is 25.7 Å². The van der Waals surface area contributed by atoms with Crippen molar-refractivity contribution >= 4 is 0 Å². The first-order chi connectivity index (χ1) is 10.1. The van der Waals surface area contributed by atoms with Crippen molar-refractivity contribution in [2.45, 2.75) is 64.2 Å². The fourth-order valence-corrected chi connectivity index (χ4v) is 3.40. The third kappa shape index (κ3) is 4.48. The fraction of sp³-hybridized carbons (Fsp3) is 0.750. The van der Waals surface area contributed by atoms with Gasteiger partial charge in [-0.25, -0.2) is 0 Å². The summed E-state index contributed by atoms with van der Waals surface area (Å²) in [6.45, 7) is 0. The highest BCUT2D eigenvalue weighted by Crippen LogP contribution is 2.39. The Labute approximate surface area is 123 Å². The molecule has 0 saturated heterocycles. The van der Waals surface area contributed by atoms with Crippen LogP contribution in [0.2, 0.25) is 0 Å². The van der Waals surface area contributed by atoms with E-state index in [1.54, 1.807) is 0 Å². The van der Waals surface area contributed by atoms with Crippen LogP contribution in [-0.4, -0.2) is 0 Å². The average Bonchev–Trinajstić information content (AvgIpc) is 2.49. The van der Waals surface area contributed by atoms with E-state index in [1.807, 2.05) is 0 Å². The largest absolute Gasteiger partial charge is 0.454 e. The van der Waals surface area contributed by atoms with Gasteiger partial charge in [0, 0.05) is 11.8 Å². The molecule has 0 heterocycles. The van der Waals surface area contributed by atoms with E-state index >= 15 is 0 Å². The predicted octanol–water partition coefficient (Wildman–Crippen LogP) is 6.38. The molecular formula is C16H22F4O. The summed E-state index contributed by atoms with van der Waals surface area (Å²) in [5, 5.41) is 0. The second-order valence-electron chi connectivity index (χ2n) is 6.02. The monoisotopic (exact) mass is 306 g/mol. The van der Waals surface area contributed by atoms with Crippen LogP contribution in [0.25, 0.3) is 0 Å². The first-order valence-corrected chi connectivity index (χ1v) is 7.87. The molecule has 1 nitrogen and oxygen atoms in total. The lowest BCUT2D eigenvalue weighted by molar-refractivity contribution is 0.138. The van der Waals surface area contributed by atoms with Gasteiger partial charge in [-0.15, -0.1) is 0 Å². The maximum absolute atomic E-state index is 13.2. The Hall–Kier alpha value is -1.00.